The predicted molar refractivity (Wildman–Crippen MR) is 106 cm³/mol. The molecule has 4 rings (SSSR count). The molecule has 12 nitrogen and oxygen atoms in total. The highest BCUT2D eigenvalue weighted by Crippen LogP contribution is 2.57. The maximum atomic E-state index is 12.9. The van der Waals surface area contributed by atoms with E-state index >= 15 is 0 Å². The third kappa shape index (κ3) is 4.41. The lowest BCUT2D eigenvalue weighted by Crippen LogP contribution is -2.46. The molecule has 4 N–H and O–H groups in total. The van der Waals surface area contributed by atoms with Crippen molar-refractivity contribution in [2.24, 2.45) is 0 Å². The molecule has 2 aromatic rings. The molecule has 0 saturated carbocycles. The van der Waals surface area contributed by atoms with Gasteiger partial charge in [0, 0.05) is 25.0 Å². The molecule has 2 unspecified atom stereocenters. The first-order valence-electron chi connectivity index (χ1n) is 9.57. The fourth-order valence-electron chi connectivity index (χ4n) is 3.53. The zero-order valence-electron chi connectivity index (χ0n) is 16.6. The fourth-order valence-corrected chi connectivity index (χ4v) is 4.92. The summed E-state index contributed by atoms with van der Waals surface area (Å²) in [6.45, 7) is 1.04. The molecule has 0 radical (unpaired) electrons. The number of hydrogen-bond acceptors (Lipinski definition) is 11. The van der Waals surface area contributed by atoms with Crippen LogP contribution in [-0.2, 0) is 22.9 Å². The Morgan fingerprint density at radius 3 is 2.84 bits per heavy atom. The number of aromatic nitrogens is 3. The molecule has 13 heteroatoms. The van der Waals surface area contributed by atoms with Crippen molar-refractivity contribution in [2.45, 2.75) is 43.5 Å². The lowest BCUT2D eigenvalue weighted by Gasteiger charge is -2.30. The molecular weight excluding hydrogens is 431 g/mol. The van der Waals surface area contributed by atoms with E-state index in [1.165, 1.54) is 19.2 Å². The van der Waals surface area contributed by atoms with Gasteiger partial charge in [0.2, 0.25) is 0 Å². The number of rotatable bonds is 5. The SMILES string of the molecule is C[C@@]1(O)[C@H](O)[C@@H](COP2(=O)OCCC(c3ccncc3)O2)O[C@H]1n1ccc(N)nc1=O. The minimum absolute atomic E-state index is 0.00719. The van der Waals surface area contributed by atoms with Crippen molar-refractivity contribution in [1.29, 1.82) is 0 Å². The second-order valence-corrected chi connectivity index (χ2v) is 9.10. The molecule has 2 aromatic heterocycles. The summed E-state index contributed by atoms with van der Waals surface area (Å²) < 4.78 is 35.8. The standard InChI is InChI=1S/C18H23N4O8P/c1-18(25)15(23)13(29-16(18)22-8-4-14(19)21-17(22)24)10-28-31(26)27-9-5-12(30-31)11-2-6-20-7-3-11/h2-4,6-8,12-13,15-16,23,25H,5,9-10H2,1H3,(H2,19,21,24)/t12?,13-,15-,16-,18-,31?/m1/s1. The lowest BCUT2D eigenvalue weighted by atomic mass is 9.96. The van der Waals surface area contributed by atoms with Crippen LogP contribution in [0.3, 0.4) is 0 Å². The summed E-state index contributed by atoms with van der Waals surface area (Å²) in [5.74, 6) is 0.00719. The summed E-state index contributed by atoms with van der Waals surface area (Å²) in [4.78, 5) is 19.7. The molecule has 2 saturated heterocycles. The number of anilines is 1. The highest BCUT2D eigenvalue weighted by Gasteiger charge is 2.54. The molecule has 168 valence electrons. The van der Waals surface area contributed by atoms with Crippen LogP contribution in [0, 0.1) is 0 Å². The van der Waals surface area contributed by atoms with Crippen molar-refractivity contribution < 1.29 is 33.1 Å². The van der Waals surface area contributed by atoms with Crippen molar-refractivity contribution >= 4 is 13.6 Å². The largest absolute Gasteiger partial charge is 0.475 e. The van der Waals surface area contributed by atoms with E-state index in [0.29, 0.717) is 6.42 Å². The smallest absolute Gasteiger partial charge is 0.387 e. The Bertz CT molecular complexity index is 1030. The van der Waals surface area contributed by atoms with E-state index in [0.717, 1.165) is 10.1 Å². The van der Waals surface area contributed by atoms with Crippen LogP contribution >= 0.6 is 7.82 Å². The van der Waals surface area contributed by atoms with Crippen LogP contribution in [0.2, 0.25) is 0 Å². The van der Waals surface area contributed by atoms with Crippen molar-refractivity contribution in [3.63, 3.8) is 0 Å². The first kappa shape index (κ1) is 22.0. The topological polar surface area (TPSA) is 168 Å². The third-order valence-electron chi connectivity index (χ3n) is 5.22. The number of ether oxygens (including phenoxy) is 1. The summed E-state index contributed by atoms with van der Waals surface area (Å²) in [5.41, 5.74) is 3.64. The van der Waals surface area contributed by atoms with Gasteiger partial charge in [-0.05, 0) is 30.7 Å². The third-order valence-corrected chi connectivity index (χ3v) is 6.70. The van der Waals surface area contributed by atoms with Gasteiger partial charge in [0.25, 0.3) is 0 Å². The van der Waals surface area contributed by atoms with Gasteiger partial charge in [-0.15, -0.1) is 0 Å². The minimum atomic E-state index is -3.95. The molecule has 2 fully saturated rings. The molecular formula is C18H23N4O8P. The van der Waals surface area contributed by atoms with Gasteiger partial charge in [0.05, 0.1) is 19.3 Å². The number of aliphatic hydroxyl groups excluding tert-OH is 1. The number of aliphatic hydroxyl groups is 2. The second-order valence-electron chi connectivity index (χ2n) is 7.48. The van der Waals surface area contributed by atoms with Gasteiger partial charge < -0.3 is 20.7 Å². The van der Waals surface area contributed by atoms with Crippen LogP contribution in [0.15, 0.2) is 41.6 Å². The van der Waals surface area contributed by atoms with Gasteiger partial charge in [-0.25, -0.2) is 9.36 Å². The first-order chi connectivity index (χ1) is 14.7. The summed E-state index contributed by atoms with van der Waals surface area (Å²) in [6.07, 6.45) is 0.608. The molecule has 6 atom stereocenters. The van der Waals surface area contributed by atoms with Crippen LogP contribution < -0.4 is 11.4 Å². The monoisotopic (exact) mass is 454 g/mol. The van der Waals surface area contributed by atoms with E-state index in [-0.39, 0.29) is 12.4 Å². The molecule has 0 aliphatic carbocycles. The fraction of sp³-hybridized carbons (Fsp3) is 0.500. The predicted octanol–water partition coefficient (Wildman–Crippen LogP) is 0.533. The Labute approximate surface area is 177 Å². The Balaban J connectivity index is 1.46. The average Bonchev–Trinajstić information content (AvgIpc) is 2.96. The van der Waals surface area contributed by atoms with Gasteiger partial charge in [-0.2, -0.15) is 4.98 Å². The van der Waals surface area contributed by atoms with Gasteiger partial charge in [0.1, 0.15) is 23.6 Å². The maximum Gasteiger partial charge on any atom is 0.475 e. The van der Waals surface area contributed by atoms with Gasteiger partial charge in [-0.3, -0.25) is 23.1 Å². The molecule has 0 bridgehead atoms. The number of hydrogen-bond donors (Lipinski definition) is 3. The Morgan fingerprint density at radius 1 is 1.39 bits per heavy atom. The molecule has 2 aliphatic heterocycles. The number of nitrogen functional groups attached to an aromatic ring is 1. The molecule has 0 aromatic carbocycles. The summed E-state index contributed by atoms with van der Waals surface area (Å²) >= 11 is 0. The van der Waals surface area contributed by atoms with E-state index in [1.807, 2.05) is 0 Å². The second kappa shape index (κ2) is 8.40. The highest BCUT2D eigenvalue weighted by atomic mass is 31.2. The summed E-state index contributed by atoms with van der Waals surface area (Å²) in [6, 6.07) is 4.84. The van der Waals surface area contributed by atoms with Crippen molar-refractivity contribution in [1.82, 2.24) is 14.5 Å². The average molecular weight is 454 g/mol. The van der Waals surface area contributed by atoms with Crippen molar-refractivity contribution in [3.8, 4) is 0 Å². The number of pyridine rings is 1. The molecule has 2 aliphatic rings. The highest BCUT2D eigenvalue weighted by molar-refractivity contribution is 7.48. The molecule has 31 heavy (non-hydrogen) atoms. The molecule has 4 heterocycles. The Kier molecular flexibility index (Phi) is 5.97. The number of phosphoric ester groups is 1. The van der Waals surface area contributed by atoms with Crippen molar-refractivity contribution in [3.05, 3.63) is 52.8 Å². The zero-order chi connectivity index (χ0) is 22.2. The van der Waals surface area contributed by atoms with Gasteiger partial charge in [0.15, 0.2) is 6.23 Å². The van der Waals surface area contributed by atoms with E-state index < -0.39 is 50.3 Å². The quantitative estimate of drug-likeness (QED) is 0.539. The maximum absolute atomic E-state index is 12.9. The first-order valence-corrected chi connectivity index (χ1v) is 11.0. The van der Waals surface area contributed by atoms with E-state index in [1.54, 1.807) is 24.5 Å². The van der Waals surface area contributed by atoms with Crippen molar-refractivity contribution in [2.75, 3.05) is 18.9 Å². The van der Waals surface area contributed by atoms with E-state index in [2.05, 4.69) is 9.97 Å². The van der Waals surface area contributed by atoms with Crippen LogP contribution in [0.1, 0.15) is 31.2 Å². The van der Waals surface area contributed by atoms with Crippen LogP contribution in [0.4, 0.5) is 5.82 Å². The van der Waals surface area contributed by atoms with Gasteiger partial charge >= 0.3 is 13.5 Å². The summed E-state index contributed by atoms with van der Waals surface area (Å²) in [5, 5.41) is 21.3. The number of phosphoric acid groups is 1. The zero-order valence-corrected chi connectivity index (χ0v) is 17.5. The molecule has 0 amide bonds. The van der Waals surface area contributed by atoms with Crippen LogP contribution in [-0.4, -0.2) is 55.8 Å². The summed E-state index contributed by atoms with van der Waals surface area (Å²) in [7, 11) is -3.95. The Morgan fingerprint density at radius 2 is 2.13 bits per heavy atom. The normalized spacial score (nSPS) is 35.8. The Hall–Kier alpha value is -2.18. The lowest BCUT2D eigenvalue weighted by molar-refractivity contribution is -0.0989. The number of nitrogens with two attached hydrogens (primary N) is 1. The van der Waals surface area contributed by atoms with E-state index in [9.17, 15) is 19.6 Å². The van der Waals surface area contributed by atoms with Crippen LogP contribution in [0.25, 0.3) is 0 Å². The molecule has 0 spiro atoms. The van der Waals surface area contributed by atoms with Crippen LogP contribution in [0.5, 0.6) is 0 Å². The minimum Gasteiger partial charge on any atom is -0.387 e. The van der Waals surface area contributed by atoms with Gasteiger partial charge in [-0.1, -0.05) is 0 Å². The number of nitrogens with zero attached hydrogens (tertiary/aromatic N) is 3. The van der Waals surface area contributed by atoms with E-state index in [4.69, 9.17) is 24.0 Å².